The molecule has 0 bridgehead atoms. The molecule has 3 saturated heterocycles. The van der Waals surface area contributed by atoms with Crippen molar-refractivity contribution in [1.29, 1.82) is 0 Å². The lowest BCUT2D eigenvalue weighted by Gasteiger charge is -2.51. The lowest BCUT2D eigenvalue weighted by atomic mass is 9.53. The number of hydrogen-bond donors (Lipinski definition) is 1. The van der Waals surface area contributed by atoms with Gasteiger partial charge in [0, 0.05) is 18.5 Å². The summed E-state index contributed by atoms with van der Waals surface area (Å²) in [5.41, 5.74) is 0.386. The summed E-state index contributed by atoms with van der Waals surface area (Å²) in [4.78, 5) is 15.1. The third-order valence-corrected chi connectivity index (χ3v) is 8.47. The lowest BCUT2D eigenvalue weighted by Crippen LogP contribution is -2.52. The van der Waals surface area contributed by atoms with Crippen molar-refractivity contribution in [3.8, 4) is 0 Å². The van der Waals surface area contributed by atoms with E-state index < -0.39 is 0 Å². The highest BCUT2D eigenvalue weighted by Gasteiger charge is 2.65. The van der Waals surface area contributed by atoms with Gasteiger partial charge < -0.3 is 14.6 Å². The number of esters is 1. The molecule has 146 valence electrons. The third-order valence-electron chi connectivity index (χ3n) is 8.47. The first-order valence-electron chi connectivity index (χ1n) is 10.7. The fourth-order valence-corrected chi connectivity index (χ4v) is 6.93. The first-order chi connectivity index (χ1) is 12.5. The van der Waals surface area contributed by atoms with E-state index in [9.17, 15) is 9.90 Å². The zero-order chi connectivity index (χ0) is 17.9. The van der Waals surface area contributed by atoms with E-state index >= 15 is 0 Å². The summed E-state index contributed by atoms with van der Waals surface area (Å²) in [6.45, 7) is 5.30. The average molecular weight is 363 g/mol. The lowest BCUT2D eigenvalue weighted by molar-refractivity contribution is -0.147. The summed E-state index contributed by atoms with van der Waals surface area (Å²) in [7, 11) is 0. The largest absolute Gasteiger partial charge is 0.462 e. The van der Waals surface area contributed by atoms with Crippen molar-refractivity contribution < 1.29 is 19.4 Å². The Kier molecular flexibility index (Phi) is 4.15. The normalized spacial score (nSPS) is 51.0. The van der Waals surface area contributed by atoms with Crippen molar-refractivity contribution in [3.63, 3.8) is 0 Å². The highest BCUT2D eigenvalue weighted by atomic mass is 16.6. The summed E-state index contributed by atoms with van der Waals surface area (Å²) >= 11 is 0. The van der Waals surface area contributed by atoms with E-state index in [1.807, 2.05) is 0 Å². The summed E-state index contributed by atoms with van der Waals surface area (Å²) in [5.74, 6) is 0.905. The first-order valence-corrected chi connectivity index (χ1v) is 10.7. The molecule has 5 aliphatic rings. The van der Waals surface area contributed by atoms with Crippen LogP contribution in [0.5, 0.6) is 0 Å². The number of aliphatic hydroxyl groups is 1. The molecule has 2 saturated carbocycles. The standard InChI is InChI=1S/C21H33NO4/c1-20-6-4-7-21(13-25-21)18(20)9-15-16(19(24)26-17(15)10-20)11-22-8-3-2-5-14(22)12-23/h14-18,23H,2-13H2,1H3/t14-,15-,16+,17-,18-,20-,21+/m1/s1. The smallest absolute Gasteiger partial charge is 0.310 e. The highest BCUT2D eigenvalue weighted by Crippen LogP contribution is 2.62. The third kappa shape index (κ3) is 2.65. The van der Waals surface area contributed by atoms with E-state index in [0.717, 1.165) is 39.0 Å². The van der Waals surface area contributed by atoms with Gasteiger partial charge in [0.05, 0.1) is 24.7 Å². The monoisotopic (exact) mass is 363 g/mol. The Balaban J connectivity index is 1.35. The number of likely N-dealkylation sites (tertiary alicyclic amines) is 1. The van der Waals surface area contributed by atoms with Crippen LogP contribution in [-0.4, -0.2) is 60.0 Å². The van der Waals surface area contributed by atoms with Gasteiger partial charge in [-0.25, -0.2) is 0 Å². The second kappa shape index (κ2) is 6.18. The van der Waals surface area contributed by atoms with Gasteiger partial charge in [0.2, 0.25) is 0 Å². The minimum atomic E-state index is -0.0190. The zero-order valence-electron chi connectivity index (χ0n) is 16.0. The minimum Gasteiger partial charge on any atom is -0.462 e. The molecule has 0 radical (unpaired) electrons. The van der Waals surface area contributed by atoms with E-state index in [4.69, 9.17) is 9.47 Å². The number of epoxide rings is 1. The number of rotatable bonds is 3. The Hall–Kier alpha value is -0.650. The van der Waals surface area contributed by atoms with Gasteiger partial charge in [-0.2, -0.15) is 0 Å². The van der Waals surface area contributed by atoms with Crippen LogP contribution in [-0.2, 0) is 14.3 Å². The molecule has 5 nitrogen and oxygen atoms in total. The Labute approximate surface area is 156 Å². The molecule has 0 aromatic rings. The first kappa shape index (κ1) is 17.4. The number of hydrogen-bond acceptors (Lipinski definition) is 5. The van der Waals surface area contributed by atoms with Crippen molar-refractivity contribution in [3.05, 3.63) is 0 Å². The van der Waals surface area contributed by atoms with Gasteiger partial charge in [-0.1, -0.05) is 13.3 Å². The van der Waals surface area contributed by atoms with E-state index in [1.54, 1.807) is 0 Å². The Morgan fingerprint density at radius 1 is 1.27 bits per heavy atom. The van der Waals surface area contributed by atoms with Gasteiger partial charge in [-0.05, 0) is 62.8 Å². The molecule has 2 aliphatic carbocycles. The topological polar surface area (TPSA) is 62.3 Å². The van der Waals surface area contributed by atoms with Crippen LogP contribution >= 0.6 is 0 Å². The van der Waals surface area contributed by atoms with Crippen LogP contribution in [0.15, 0.2) is 0 Å². The summed E-state index contributed by atoms with van der Waals surface area (Å²) in [5, 5.41) is 9.72. The van der Waals surface area contributed by atoms with E-state index in [2.05, 4.69) is 11.8 Å². The molecule has 3 aliphatic heterocycles. The van der Waals surface area contributed by atoms with Gasteiger partial charge in [0.1, 0.15) is 6.10 Å². The van der Waals surface area contributed by atoms with Gasteiger partial charge >= 0.3 is 5.97 Å². The van der Waals surface area contributed by atoms with Crippen LogP contribution in [0.3, 0.4) is 0 Å². The number of piperidine rings is 1. The van der Waals surface area contributed by atoms with Crippen molar-refractivity contribution in [2.75, 3.05) is 26.3 Å². The van der Waals surface area contributed by atoms with Gasteiger partial charge in [-0.15, -0.1) is 0 Å². The van der Waals surface area contributed by atoms with Crippen LogP contribution in [0, 0.1) is 23.2 Å². The summed E-state index contributed by atoms with van der Waals surface area (Å²) < 4.78 is 11.9. The number of fused-ring (bicyclic) bond motifs is 3. The molecule has 1 spiro atoms. The van der Waals surface area contributed by atoms with E-state index in [-0.39, 0.29) is 41.7 Å². The van der Waals surface area contributed by atoms with Crippen molar-refractivity contribution in [1.82, 2.24) is 4.90 Å². The van der Waals surface area contributed by atoms with Crippen LogP contribution in [0.1, 0.15) is 58.3 Å². The second-order valence-electron chi connectivity index (χ2n) is 9.93. The fourth-order valence-electron chi connectivity index (χ4n) is 6.93. The van der Waals surface area contributed by atoms with Crippen LogP contribution < -0.4 is 0 Å². The van der Waals surface area contributed by atoms with Crippen LogP contribution in [0.25, 0.3) is 0 Å². The molecule has 0 unspecified atom stereocenters. The van der Waals surface area contributed by atoms with Gasteiger partial charge in [-0.3, -0.25) is 9.69 Å². The minimum absolute atomic E-state index is 0.00951. The maximum Gasteiger partial charge on any atom is 0.310 e. The highest BCUT2D eigenvalue weighted by molar-refractivity contribution is 5.75. The summed E-state index contributed by atoms with van der Waals surface area (Å²) in [6.07, 6.45) is 9.27. The second-order valence-corrected chi connectivity index (χ2v) is 9.93. The van der Waals surface area contributed by atoms with Gasteiger partial charge in [0.15, 0.2) is 0 Å². The van der Waals surface area contributed by atoms with E-state index in [0.29, 0.717) is 11.8 Å². The average Bonchev–Trinajstić information content (AvgIpc) is 3.33. The molecular formula is C21H33NO4. The number of ether oxygens (including phenoxy) is 2. The van der Waals surface area contributed by atoms with Gasteiger partial charge in [0.25, 0.3) is 0 Å². The quantitative estimate of drug-likeness (QED) is 0.616. The van der Waals surface area contributed by atoms with Crippen LogP contribution in [0.2, 0.25) is 0 Å². The molecule has 0 aromatic carbocycles. The SMILES string of the molecule is C[C@]12CCC[C@]3(CO3)[C@@H]1C[C@@H]1[C@H](CN3CCCC[C@@H]3CO)C(=O)O[C@@H]1C2. The number of aliphatic hydroxyl groups excluding tert-OH is 1. The molecule has 3 heterocycles. The predicted molar refractivity (Wildman–Crippen MR) is 96.5 cm³/mol. The zero-order valence-corrected chi connectivity index (χ0v) is 16.0. The molecule has 5 rings (SSSR count). The molecule has 5 heteroatoms. The fraction of sp³-hybridized carbons (Fsp3) is 0.952. The molecular weight excluding hydrogens is 330 g/mol. The maximum atomic E-state index is 12.8. The van der Waals surface area contributed by atoms with E-state index in [1.165, 1.54) is 32.1 Å². The Bertz CT molecular complexity index is 576. The number of nitrogens with zero attached hydrogens (tertiary/aromatic N) is 1. The summed E-state index contributed by atoms with van der Waals surface area (Å²) in [6, 6.07) is 0.220. The van der Waals surface area contributed by atoms with Crippen molar-refractivity contribution in [2.24, 2.45) is 23.2 Å². The maximum absolute atomic E-state index is 12.8. The Morgan fingerprint density at radius 3 is 2.88 bits per heavy atom. The number of carbonyl (C=O) groups is 1. The Morgan fingerprint density at radius 2 is 2.12 bits per heavy atom. The van der Waals surface area contributed by atoms with Crippen LogP contribution in [0.4, 0.5) is 0 Å². The molecule has 0 aromatic heterocycles. The number of carbonyl (C=O) groups excluding carboxylic acids is 1. The molecule has 1 N–H and O–H groups in total. The molecule has 5 fully saturated rings. The molecule has 0 amide bonds. The van der Waals surface area contributed by atoms with Crippen molar-refractivity contribution in [2.45, 2.75) is 76.0 Å². The van der Waals surface area contributed by atoms with Crippen molar-refractivity contribution >= 4 is 5.97 Å². The predicted octanol–water partition coefficient (Wildman–Crippen LogP) is 2.36. The molecule has 26 heavy (non-hydrogen) atoms. The molecule has 7 atom stereocenters.